The molecule has 20 heavy (non-hydrogen) atoms. The Hall–Kier alpha value is -2.07. The molecule has 2 rings (SSSR count). The molecule has 3 nitrogen and oxygen atoms in total. The zero-order valence-corrected chi connectivity index (χ0v) is 11.7. The van der Waals surface area contributed by atoms with E-state index in [1.807, 2.05) is 0 Å². The van der Waals surface area contributed by atoms with Crippen LogP contribution in [0, 0.1) is 5.82 Å². The van der Waals surface area contributed by atoms with Crippen molar-refractivity contribution in [3.8, 4) is 11.5 Å². The lowest BCUT2D eigenvalue weighted by molar-refractivity contribution is 0.103. The third-order valence-corrected chi connectivity index (χ3v) is 3.06. The molecule has 0 fully saturated rings. The summed E-state index contributed by atoms with van der Waals surface area (Å²) in [4.78, 5) is 12.4. The topological polar surface area (TPSA) is 35.5 Å². The van der Waals surface area contributed by atoms with Crippen molar-refractivity contribution in [2.75, 3.05) is 14.2 Å². The van der Waals surface area contributed by atoms with Crippen LogP contribution < -0.4 is 9.47 Å². The van der Waals surface area contributed by atoms with Gasteiger partial charge in [-0.25, -0.2) is 4.39 Å². The van der Waals surface area contributed by atoms with Crippen LogP contribution in [0.3, 0.4) is 0 Å². The van der Waals surface area contributed by atoms with E-state index in [9.17, 15) is 9.18 Å². The molecule has 0 amide bonds. The number of hydrogen-bond donors (Lipinski definition) is 0. The first kappa shape index (κ1) is 14.3. The highest BCUT2D eigenvalue weighted by Gasteiger charge is 2.16. The SMILES string of the molecule is COc1ccc(C(=O)c2cc(Cl)ccc2OC)cc1F. The first-order valence-electron chi connectivity index (χ1n) is 5.78. The molecule has 0 aliphatic rings. The first-order valence-corrected chi connectivity index (χ1v) is 6.16. The number of methoxy groups -OCH3 is 2. The van der Waals surface area contributed by atoms with Crippen LogP contribution in [0.25, 0.3) is 0 Å². The summed E-state index contributed by atoms with van der Waals surface area (Å²) < 4.78 is 23.6. The van der Waals surface area contributed by atoms with Gasteiger partial charge in [0.2, 0.25) is 0 Å². The molecule has 0 unspecified atom stereocenters. The van der Waals surface area contributed by atoms with Crippen molar-refractivity contribution in [3.63, 3.8) is 0 Å². The number of ketones is 1. The van der Waals surface area contributed by atoms with Crippen molar-refractivity contribution in [2.24, 2.45) is 0 Å². The Labute approximate surface area is 120 Å². The van der Waals surface area contributed by atoms with E-state index in [2.05, 4.69) is 0 Å². The highest BCUT2D eigenvalue weighted by Crippen LogP contribution is 2.26. The fourth-order valence-corrected chi connectivity index (χ4v) is 1.99. The summed E-state index contributed by atoms with van der Waals surface area (Å²) in [6.07, 6.45) is 0. The molecule has 0 aromatic heterocycles. The van der Waals surface area contributed by atoms with Crippen LogP contribution in [0.4, 0.5) is 4.39 Å². The number of ether oxygens (including phenoxy) is 2. The van der Waals surface area contributed by atoms with E-state index in [-0.39, 0.29) is 22.7 Å². The molecule has 0 heterocycles. The van der Waals surface area contributed by atoms with E-state index in [4.69, 9.17) is 21.1 Å². The smallest absolute Gasteiger partial charge is 0.196 e. The van der Waals surface area contributed by atoms with Crippen LogP contribution in [0.5, 0.6) is 11.5 Å². The molecule has 5 heteroatoms. The summed E-state index contributed by atoms with van der Waals surface area (Å²) in [6.45, 7) is 0. The normalized spacial score (nSPS) is 10.2. The maximum absolute atomic E-state index is 13.7. The van der Waals surface area contributed by atoms with Crippen molar-refractivity contribution in [3.05, 3.63) is 58.4 Å². The minimum atomic E-state index is -0.598. The van der Waals surface area contributed by atoms with Gasteiger partial charge in [-0.05, 0) is 36.4 Å². The lowest BCUT2D eigenvalue weighted by Gasteiger charge is -2.09. The van der Waals surface area contributed by atoms with Crippen LogP contribution in [0.15, 0.2) is 36.4 Å². The summed E-state index contributed by atoms with van der Waals surface area (Å²) in [5.74, 6) is -0.500. The summed E-state index contributed by atoms with van der Waals surface area (Å²) in [5.41, 5.74) is 0.480. The highest BCUT2D eigenvalue weighted by molar-refractivity contribution is 6.31. The monoisotopic (exact) mass is 294 g/mol. The molecule has 0 radical (unpaired) electrons. The molecule has 0 atom stereocenters. The molecule has 0 saturated heterocycles. The van der Waals surface area contributed by atoms with E-state index in [0.29, 0.717) is 10.8 Å². The third kappa shape index (κ3) is 2.75. The van der Waals surface area contributed by atoms with Gasteiger partial charge in [-0.3, -0.25) is 4.79 Å². The van der Waals surface area contributed by atoms with Gasteiger partial charge < -0.3 is 9.47 Å². The fourth-order valence-electron chi connectivity index (χ4n) is 1.82. The average molecular weight is 295 g/mol. The fraction of sp³-hybridized carbons (Fsp3) is 0.133. The Balaban J connectivity index is 2.46. The minimum Gasteiger partial charge on any atom is -0.496 e. The minimum absolute atomic E-state index is 0.0830. The second-order valence-corrected chi connectivity index (χ2v) is 4.46. The van der Waals surface area contributed by atoms with E-state index >= 15 is 0 Å². The van der Waals surface area contributed by atoms with Crippen LogP contribution in [0.2, 0.25) is 5.02 Å². The maximum atomic E-state index is 13.7. The van der Waals surface area contributed by atoms with Crippen LogP contribution in [0.1, 0.15) is 15.9 Å². The van der Waals surface area contributed by atoms with Crippen LogP contribution in [-0.4, -0.2) is 20.0 Å². The Morgan fingerprint density at radius 2 is 1.70 bits per heavy atom. The molecule has 0 aliphatic heterocycles. The summed E-state index contributed by atoms with van der Waals surface area (Å²) in [5, 5.41) is 0.406. The average Bonchev–Trinajstić information content (AvgIpc) is 2.46. The molecule has 104 valence electrons. The zero-order valence-electron chi connectivity index (χ0n) is 10.9. The van der Waals surface area contributed by atoms with Gasteiger partial charge in [0, 0.05) is 10.6 Å². The Bertz CT molecular complexity index is 656. The van der Waals surface area contributed by atoms with Crippen molar-refractivity contribution < 1.29 is 18.7 Å². The Morgan fingerprint density at radius 3 is 2.30 bits per heavy atom. The molecular weight excluding hydrogens is 283 g/mol. The van der Waals surface area contributed by atoms with Gasteiger partial charge in [0.25, 0.3) is 0 Å². The molecule has 0 N–H and O–H groups in total. The first-order chi connectivity index (χ1) is 9.56. The second kappa shape index (κ2) is 5.92. The molecule has 2 aromatic carbocycles. The third-order valence-electron chi connectivity index (χ3n) is 2.82. The Morgan fingerprint density at radius 1 is 1.05 bits per heavy atom. The lowest BCUT2D eigenvalue weighted by Crippen LogP contribution is -2.05. The van der Waals surface area contributed by atoms with Crippen molar-refractivity contribution >= 4 is 17.4 Å². The second-order valence-electron chi connectivity index (χ2n) is 4.02. The predicted molar refractivity (Wildman–Crippen MR) is 74.4 cm³/mol. The van der Waals surface area contributed by atoms with E-state index < -0.39 is 5.82 Å². The number of benzene rings is 2. The quantitative estimate of drug-likeness (QED) is 0.806. The van der Waals surface area contributed by atoms with Crippen molar-refractivity contribution in [2.45, 2.75) is 0 Å². The number of carbonyl (C=O) groups excluding carboxylic acids is 1. The van der Waals surface area contributed by atoms with Gasteiger partial charge in [0.15, 0.2) is 17.3 Å². The van der Waals surface area contributed by atoms with Gasteiger partial charge in [-0.15, -0.1) is 0 Å². The van der Waals surface area contributed by atoms with Gasteiger partial charge in [0.1, 0.15) is 5.75 Å². The van der Waals surface area contributed by atoms with Crippen LogP contribution in [-0.2, 0) is 0 Å². The summed E-state index contributed by atoms with van der Waals surface area (Å²) in [7, 11) is 2.81. The summed E-state index contributed by atoms with van der Waals surface area (Å²) in [6, 6.07) is 8.72. The van der Waals surface area contributed by atoms with Gasteiger partial charge in [-0.2, -0.15) is 0 Å². The summed E-state index contributed by atoms with van der Waals surface area (Å²) >= 11 is 5.88. The predicted octanol–water partition coefficient (Wildman–Crippen LogP) is 3.73. The molecule has 0 saturated carbocycles. The van der Waals surface area contributed by atoms with Crippen molar-refractivity contribution in [1.82, 2.24) is 0 Å². The number of halogens is 2. The van der Waals surface area contributed by atoms with Crippen molar-refractivity contribution in [1.29, 1.82) is 0 Å². The van der Waals surface area contributed by atoms with E-state index in [1.165, 1.54) is 32.4 Å². The largest absolute Gasteiger partial charge is 0.496 e. The lowest BCUT2D eigenvalue weighted by atomic mass is 10.0. The van der Waals surface area contributed by atoms with Crippen LogP contribution >= 0.6 is 11.6 Å². The molecule has 0 spiro atoms. The molecule has 2 aromatic rings. The standard InChI is InChI=1S/C15H12ClFO3/c1-19-13-6-4-10(16)8-11(13)15(18)9-3-5-14(20-2)12(17)7-9/h3-8H,1-2H3. The van der Waals surface area contributed by atoms with Gasteiger partial charge >= 0.3 is 0 Å². The van der Waals surface area contributed by atoms with E-state index in [0.717, 1.165) is 6.07 Å². The highest BCUT2D eigenvalue weighted by atomic mass is 35.5. The van der Waals surface area contributed by atoms with E-state index in [1.54, 1.807) is 12.1 Å². The number of carbonyl (C=O) groups is 1. The van der Waals surface area contributed by atoms with Gasteiger partial charge in [-0.1, -0.05) is 11.6 Å². The molecule has 0 bridgehead atoms. The maximum Gasteiger partial charge on any atom is 0.196 e. The molecular formula is C15H12ClFO3. The number of hydrogen-bond acceptors (Lipinski definition) is 3. The number of rotatable bonds is 4. The Kier molecular flexibility index (Phi) is 4.25. The van der Waals surface area contributed by atoms with Gasteiger partial charge in [0.05, 0.1) is 19.8 Å². The zero-order chi connectivity index (χ0) is 14.7. The molecule has 0 aliphatic carbocycles.